The number of benzene rings is 1. The molecule has 0 aliphatic carbocycles. The van der Waals surface area contributed by atoms with Gasteiger partial charge in [0.2, 0.25) is 0 Å². The number of rotatable bonds is 4. The molecule has 8 heteroatoms. The van der Waals surface area contributed by atoms with E-state index in [2.05, 4.69) is 5.32 Å². The molecular formula is C13H19N3O4S. The van der Waals surface area contributed by atoms with Gasteiger partial charge in [-0.05, 0) is 25.1 Å². The lowest BCUT2D eigenvalue weighted by atomic mass is 10.2. The van der Waals surface area contributed by atoms with Crippen LogP contribution in [0.15, 0.2) is 23.1 Å². The molecule has 0 atom stereocenters. The number of nitro benzene ring substituents is 1. The average molecular weight is 313 g/mol. The highest BCUT2D eigenvalue weighted by molar-refractivity contribution is 7.91. The maximum atomic E-state index is 11.9. The van der Waals surface area contributed by atoms with Crippen LogP contribution in [0.5, 0.6) is 0 Å². The van der Waals surface area contributed by atoms with E-state index in [1.807, 2.05) is 4.90 Å². The average Bonchev–Trinajstić information content (AvgIpc) is 2.75. The molecule has 0 spiro atoms. The summed E-state index contributed by atoms with van der Waals surface area (Å²) in [4.78, 5) is 12.7. The fourth-order valence-electron chi connectivity index (χ4n) is 2.36. The molecule has 21 heavy (non-hydrogen) atoms. The van der Waals surface area contributed by atoms with Crippen LogP contribution >= 0.6 is 0 Å². The van der Waals surface area contributed by atoms with Gasteiger partial charge in [-0.15, -0.1) is 0 Å². The summed E-state index contributed by atoms with van der Waals surface area (Å²) in [6, 6.07) is 4.18. The molecule has 1 fully saturated rings. The van der Waals surface area contributed by atoms with Crippen LogP contribution in [-0.4, -0.2) is 45.3 Å². The van der Waals surface area contributed by atoms with Crippen molar-refractivity contribution in [3.8, 4) is 0 Å². The Morgan fingerprint density at radius 1 is 1.33 bits per heavy atom. The summed E-state index contributed by atoms with van der Waals surface area (Å²) in [5.41, 5.74) is 0.338. The van der Waals surface area contributed by atoms with Crippen LogP contribution < -0.4 is 10.2 Å². The van der Waals surface area contributed by atoms with E-state index < -0.39 is 14.8 Å². The molecule has 0 bridgehead atoms. The monoisotopic (exact) mass is 313 g/mol. The zero-order chi connectivity index (χ0) is 15.5. The van der Waals surface area contributed by atoms with Gasteiger partial charge in [0.05, 0.1) is 15.6 Å². The first-order valence-electron chi connectivity index (χ1n) is 6.92. The van der Waals surface area contributed by atoms with E-state index in [0.29, 0.717) is 18.8 Å². The van der Waals surface area contributed by atoms with E-state index in [4.69, 9.17) is 0 Å². The van der Waals surface area contributed by atoms with E-state index in [0.717, 1.165) is 19.5 Å². The Morgan fingerprint density at radius 3 is 2.76 bits per heavy atom. The van der Waals surface area contributed by atoms with Gasteiger partial charge >= 0.3 is 0 Å². The first-order valence-corrected chi connectivity index (χ1v) is 8.58. The van der Waals surface area contributed by atoms with E-state index in [1.165, 1.54) is 19.1 Å². The molecule has 0 radical (unpaired) electrons. The van der Waals surface area contributed by atoms with Gasteiger partial charge in [0.1, 0.15) is 5.69 Å². The van der Waals surface area contributed by atoms with Gasteiger partial charge in [0.25, 0.3) is 5.69 Å². The number of nitro groups is 1. The minimum absolute atomic E-state index is 0.00777. The molecule has 2 rings (SSSR count). The summed E-state index contributed by atoms with van der Waals surface area (Å²) >= 11 is 0. The molecule has 1 aliphatic rings. The van der Waals surface area contributed by atoms with Crippen molar-refractivity contribution in [2.75, 3.05) is 36.8 Å². The van der Waals surface area contributed by atoms with Gasteiger partial charge in [0, 0.05) is 25.7 Å². The fourth-order valence-corrected chi connectivity index (χ4v) is 3.26. The van der Waals surface area contributed by atoms with Crippen molar-refractivity contribution >= 4 is 21.2 Å². The van der Waals surface area contributed by atoms with Gasteiger partial charge in [0.15, 0.2) is 9.84 Å². The van der Waals surface area contributed by atoms with E-state index in [-0.39, 0.29) is 16.3 Å². The molecule has 1 aromatic rings. The lowest BCUT2D eigenvalue weighted by Gasteiger charge is -2.22. The second-order valence-corrected chi connectivity index (χ2v) is 7.18. The second kappa shape index (κ2) is 6.40. The lowest BCUT2D eigenvalue weighted by molar-refractivity contribution is -0.384. The van der Waals surface area contributed by atoms with E-state index in [9.17, 15) is 18.5 Å². The SMILES string of the molecule is CCS(=O)(=O)c1ccc(N2CCCNCC2)c([N+](=O)[O-])c1. The molecule has 1 aromatic carbocycles. The molecule has 1 heterocycles. The number of hydrogen-bond acceptors (Lipinski definition) is 6. The zero-order valence-electron chi connectivity index (χ0n) is 11.9. The predicted octanol–water partition coefficient (Wildman–Crippen LogP) is 1.19. The van der Waals surface area contributed by atoms with Crippen molar-refractivity contribution in [2.45, 2.75) is 18.2 Å². The molecule has 0 aromatic heterocycles. The molecule has 0 saturated carbocycles. The number of hydrogen-bond donors (Lipinski definition) is 1. The van der Waals surface area contributed by atoms with Crippen molar-refractivity contribution in [3.63, 3.8) is 0 Å². The van der Waals surface area contributed by atoms with Gasteiger partial charge < -0.3 is 10.2 Å². The molecule has 0 amide bonds. The van der Waals surface area contributed by atoms with E-state index >= 15 is 0 Å². The van der Waals surface area contributed by atoms with Crippen molar-refractivity contribution < 1.29 is 13.3 Å². The number of anilines is 1. The molecular weight excluding hydrogens is 294 g/mol. The second-order valence-electron chi connectivity index (χ2n) is 4.90. The van der Waals surface area contributed by atoms with Crippen LogP contribution in [0.1, 0.15) is 13.3 Å². The van der Waals surface area contributed by atoms with Crippen LogP contribution in [-0.2, 0) is 9.84 Å². The number of sulfone groups is 1. The highest BCUT2D eigenvalue weighted by atomic mass is 32.2. The highest BCUT2D eigenvalue weighted by Crippen LogP contribution is 2.31. The Labute approximate surface area is 124 Å². The summed E-state index contributed by atoms with van der Waals surface area (Å²) in [5, 5.41) is 14.5. The zero-order valence-corrected chi connectivity index (χ0v) is 12.7. The summed E-state index contributed by atoms with van der Waals surface area (Å²) in [6.45, 7) is 4.54. The summed E-state index contributed by atoms with van der Waals surface area (Å²) in [7, 11) is -3.44. The van der Waals surface area contributed by atoms with Crippen molar-refractivity contribution in [1.29, 1.82) is 0 Å². The number of nitrogens with zero attached hydrogens (tertiary/aromatic N) is 2. The van der Waals surface area contributed by atoms with Crippen molar-refractivity contribution in [1.82, 2.24) is 5.32 Å². The van der Waals surface area contributed by atoms with Crippen LogP contribution in [0.4, 0.5) is 11.4 Å². The van der Waals surface area contributed by atoms with Crippen molar-refractivity contribution in [2.24, 2.45) is 0 Å². The highest BCUT2D eigenvalue weighted by Gasteiger charge is 2.24. The quantitative estimate of drug-likeness (QED) is 0.663. The van der Waals surface area contributed by atoms with Crippen LogP contribution in [0.3, 0.4) is 0 Å². The Morgan fingerprint density at radius 2 is 2.10 bits per heavy atom. The summed E-state index contributed by atoms with van der Waals surface area (Å²) in [6.07, 6.45) is 0.895. The number of nitrogens with one attached hydrogen (secondary N) is 1. The summed E-state index contributed by atoms with van der Waals surface area (Å²) in [5.74, 6) is -0.0723. The normalized spacial score (nSPS) is 16.5. The molecule has 1 aliphatic heterocycles. The topological polar surface area (TPSA) is 92.6 Å². The largest absolute Gasteiger partial charge is 0.365 e. The summed E-state index contributed by atoms with van der Waals surface area (Å²) < 4.78 is 23.7. The maximum absolute atomic E-state index is 11.9. The lowest BCUT2D eigenvalue weighted by Crippen LogP contribution is -2.28. The molecule has 1 N–H and O–H groups in total. The van der Waals surface area contributed by atoms with Crippen molar-refractivity contribution in [3.05, 3.63) is 28.3 Å². The Balaban J connectivity index is 2.44. The Hall–Kier alpha value is -1.67. The third-order valence-corrected chi connectivity index (χ3v) is 5.30. The minimum Gasteiger partial charge on any atom is -0.365 e. The smallest absolute Gasteiger partial charge is 0.293 e. The Kier molecular flexibility index (Phi) is 4.79. The molecule has 0 unspecified atom stereocenters. The third kappa shape index (κ3) is 3.51. The van der Waals surface area contributed by atoms with Gasteiger partial charge in [-0.2, -0.15) is 0 Å². The maximum Gasteiger partial charge on any atom is 0.293 e. The predicted molar refractivity (Wildman–Crippen MR) is 80.5 cm³/mol. The van der Waals surface area contributed by atoms with E-state index in [1.54, 1.807) is 6.07 Å². The molecule has 7 nitrogen and oxygen atoms in total. The first-order chi connectivity index (χ1) is 9.95. The molecule has 116 valence electrons. The third-order valence-electron chi connectivity index (χ3n) is 3.56. The van der Waals surface area contributed by atoms with Gasteiger partial charge in [-0.25, -0.2) is 8.42 Å². The van der Waals surface area contributed by atoms with Crippen LogP contribution in [0, 0.1) is 10.1 Å². The van der Waals surface area contributed by atoms with Crippen LogP contribution in [0.25, 0.3) is 0 Å². The minimum atomic E-state index is -3.44. The van der Waals surface area contributed by atoms with Gasteiger partial charge in [-0.1, -0.05) is 6.92 Å². The standard InChI is InChI=1S/C13H19N3O4S/c1-2-21(19,20)11-4-5-12(13(10-11)16(17)18)15-8-3-6-14-7-9-15/h4-5,10,14H,2-3,6-9H2,1H3. The first kappa shape index (κ1) is 15.7. The Bertz CT molecular complexity index is 622. The fraction of sp³-hybridized carbons (Fsp3) is 0.538. The van der Waals surface area contributed by atoms with Gasteiger partial charge in [-0.3, -0.25) is 10.1 Å². The molecule has 1 saturated heterocycles. The van der Waals surface area contributed by atoms with Crippen LogP contribution in [0.2, 0.25) is 0 Å².